The van der Waals surface area contributed by atoms with Gasteiger partial charge in [-0.15, -0.1) is 0 Å². The van der Waals surface area contributed by atoms with Gasteiger partial charge in [-0.25, -0.2) is 0 Å². The summed E-state index contributed by atoms with van der Waals surface area (Å²) < 4.78 is 0. The Labute approximate surface area is 216 Å². The number of hydrogen-bond acceptors (Lipinski definition) is 5. The van der Waals surface area contributed by atoms with E-state index in [0.29, 0.717) is 27.4 Å². The lowest BCUT2D eigenvalue weighted by atomic mass is 9.83. The van der Waals surface area contributed by atoms with Crippen LogP contribution in [0.3, 0.4) is 0 Å². The second kappa shape index (κ2) is 11.4. The smallest absolute Gasteiger partial charge is 0.218 e. The van der Waals surface area contributed by atoms with Crippen LogP contribution in [0, 0.1) is 11.8 Å². The van der Waals surface area contributed by atoms with E-state index in [1.807, 2.05) is 12.1 Å². The predicted octanol–water partition coefficient (Wildman–Crippen LogP) is 5.13. The van der Waals surface area contributed by atoms with Crippen LogP contribution in [-0.2, 0) is 4.79 Å². The molecule has 9 heteroatoms. The Hall–Kier alpha value is -1.70. The predicted molar refractivity (Wildman–Crippen MR) is 142 cm³/mol. The number of halogens is 3. The third-order valence-corrected chi connectivity index (χ3v) is 8.01. The fraction of sp³-hybridized carbons (Fsp3) is 0.480. The molecular formula is C25H32Cl3N5O. The maximum atomic E-state index is 11.1. The number of amides is 1. The van der Waals surface area contributed by atoms with E-state index in [1.165, 1.54) is 19.3 Å². The molecular weight excluding hydrogens is 493 g/mol. The lowest BCUT2D eigenvalue weighted by Crippen LogP contribution is -2.37. The molecule has 2 aliphatic heterocycles. The van der Waals surface area contributed by atoms with Crippen LogP contribution in [0.2, 0.25) is 15.1 Å². The van der Waals surface area contributed by atoms with Crippen molar-refractivity contribution in [1.29, 1.82) is 0 Å². The van der Waals surface area contributed by atoms with Crippen molar-refractivity contribution in [2.75, 3.05) is 42.9 Å². The maximum Gasteiger partial charge on any atom is 0.218 e. The summed E-state index contributed by atoms with van der Waals surface area (Å²) in [6, 6.07) is 11.3. The largest absolute Gasteiger partial charge is 0.371 e. The van der Waals surface area contributed by atoms with Gasteiger partial charge >= 0.3 is 0 Å². The van der Waals surface area contributed by atoms with Crippen molar-refractivity contribution in [1.82, 2.24) is 4.90 Å². The zero-order valence-electron chi connectivity index (χ0n) is 19.2. The Morgan fingerprint density at radius 1 is 1.00 bits per heavy atom. The molecule has 0 aliphatic carbocycles. The van der Waals surface area contributed by atoms with E-state index >= 15 is 0 Å². The van der Waals surface area contributed by atoms with Crippen LogP contribution in [-0.4, -0.2) is 43.5 Å². The molecule has 34 heavy (non-hydrogen) atoms. The van der Waals surface area contributed by atoms with Crippen LogP contribution in [0.4, 0.5) is 11.4 Å². The Morgan fingerprint density at radius 2 is 1.74 bits per heavy atom. The van der Waals surface area contributed by atoms with Gasteiger partial charge in [-0.1, -0.05) is 40.9 Å². The monoisotopic (exact) mass is 523 g/mol. The normalized spacial score (nSPS) is 20.5. The standard InChI is InChI=1S/C25H32Cl3N5O/c26-18-1-3-20(22(28)13-18)25(30)31-23-14-19(2-4-21(23)27)33-11-6-16(7-12-33)17-5-9-32(15-17)10-8-24(29)34/h1-4,13-14,16-17,25,31H,5-12,15,30H2,(H2,29,34). The number of nitrogens with one attached hydrogen (secondary N) is 1. The quantitative estimate of drug-likeness (QED) is 0.417. The molecule has 2 atom stereocenters. The van der Waals surface area contributed by atoms with Gasteiger partial charge in [0.25, 0.3) is 0 Å². The minimum atomic E-state index is -0.511. The molecule has 0 saturated carbocycles. The number of carbonyl (C=O) groups is 1. The molecule has 2 unspecified atom stereocenters. The third kappa shape index (κ3) is 6.29. The molecule has 2 saturated heterocycles. The summed E-state index contributed by atoms with van der Waals surface area (Å²) in [4.78, 5) is 15.9. The van der Waals surface area contributed by atoms with Gasteiger partial charge in [-0.2, -0.15) is 0 Å². The van der Waals surface area contributed by atoms with Crippen molar-refractivity contribution >= 4 is 52.1 Å². The van der Waals surface area contributed by atoms with Gasteiger partial charge in [-0.3, -0.25) is 4.79 Å². The number of carbonyl (C=O) groups excluding carboxylic acids is 1. The van der Waals surface area contributed by atoms with Crippen LogP contribution < -0.4 is 21.7 Å². The maximum absolute atomic E-state index is 11.1. The first-order valence-electron chi connectivity index (χ1n) is 11.8. The molecule has 0 bridgehead atoms. The number of nitrogens with two attached hydrogens (primary N) is 2. The Bertz CT molecular complexity index is 1010. The fourth-order valence-electron chi connectivity index (χ4n) is 5.17. The highest BCUT2D eigenvalue weighted by molar-refractivity contribution is 6.35. The van der Waals surface area contributed by atoms with Crippen LogP contribution in [0.5, 0.6) is 0 Å². The van der Waals surface area contributed by atoms with Gasteiger partial charge in [0.1, 0.15) is 6.17 Å². The first-order chi connectivity index (χ1) is 16.3. The van der Waals surface area contributed by atoms with E-state index in [4.69, 9.17) is 46.3 Å². The summed E-state index contributed by atoms with van der Waals surface area (Å²) in [6.07, 6.45) is 3.48. The number of primary amides is 1. The number of hydrogen-bond donors (Lipinski definition) is 3. The summed E-state index contributed by atoms with van der Waals surface area (Å²) in [5, 5.41) is 5.00. The molecule has 2 aliphatic rings. The van der Waals surface area contributed by atoms with E-state index in [1.54, 1.807) is 12.1 Å². The second-order valence-corrected chi connectivity index (χ2v) is 10.6. The van der Waals surface area contributed by atoms with Crippen molar-refractivity contribution in [3.63, 3.8) is 0 Å². The minimum Gasteiger partial charge on any atom is -0.371 e. The molecule has 184 valence electrons. The number of nitrogens with zero attached hydrogens (tertiary/aromatic N) is 2. The first kappa shape index (κ1) is 25.4. The number of rotatable bonds is 8. The van der Waals surface area contributed by atoms with Gasteiger partial charge in [-0.05, 0) is 68.0 Å². The van der Waals surface area contributed by atoms with Gasteiger partial charge in [0.2, 0.25) is 5.91 Å². The van der Waals surface area contributed by atoms with Crippen molar-refractivity contribution < 1.29 is 4.79 Å². The third-order valence-electron chi connectivity index (χ3n) is 7.11. The van der Waals surface area contributed by atoms with E-state index in [0.717, 1.165) is 55.6 Å². The molecule has 1 amide bonds. The zero-order chi connectivity index (χ0) is 24.2. The van der Waals surface area contributed by atoms with Crippen molar-refractivity contribution in [2.24, 2.45) is 23.3 Å². The number of piperidine rings is 1. The molecule has 6 nitrogen and oxygen atoms in total. The SMILES string of the molecule is NC(=O)CCN1CCC(C2CCN(c3ccc(Cl)c(NC(N)c4ccc(Cl)cc4Cl)c3)CC2)C1. The van der Waals surface area contributed by atoms with Crippen LogP contribution in [0.25, 0.3) is 0 Å². The Balaban J connectivity index is 1.34. The highest BCUT2D eigenvalue weighted by Gasteiger charge is 2.32. The molecule has 2 heterocycles. The van der Waals surface area contributed by atoms with E-state index in [-0.39, 0.29) is 5.91 Å². The van der Waals surface area contributed by atoms with Gasteiger partial charge in [0.05, 0.1) is 10.7 Å². The molecule has 2 aromatic rings. The molecule has 4 rings (SSSR count). The van der Waals surface area contributed by atoms with Crippen molar-refractivity contribution in [3.05, 3.63) is 57.0 Å². The second-order valence-electron chi connectivity index (χ2n) is 9.34. The number of anilines is 2. The number of benzene rings is 2. The average Bonchev–Trinajstić information content (AvgIpc) is 3.28. The molecule has 2 fully saturated rings. The number of likely N-dealkylation sites (tertiary alicyclic amines) is 1. The fourth-order valence-corrected chi connectivity index (χ4v) is 5.87. The van der Waals surface area contributed by atoms with E-state index < -0.39 is 6.17 Å². The Morgan fingerprint density at radius 3 is 2.44 bits per heavy atom. The lowest BCUT2D eigenvalue weighted by Gasteiger charge is -2.36. The summed E-state index contributed by atoms with van der Waals surface area (Å²) in [5.41, 5.74) is 14.3. The van der Waals surface area contributed by atoms with Crippen LogP contribution >= 0.6 is 34.8 Å². The molecule has 0 spiro atoms. The van der Waals surface area contributed by atoms with Crippen LogP contribution in [0.1, 0.15) is 37.4 Å². The summed E-state index contributed by atoms with van der Waals surface area (Å²) >= 11 is 18.8. The van der Waals surface area contributed by atoms with Gasteiger partial charge < -0.3 is 26.6 Å². The van der Waals surface area contributed by atoms with Crippen molar-refractivity contribution in [3.8, 4) is 0 Å². The molecule has 0 aromatic heterocycles. The first-order valence-corrected chi connectivity index (χ1v) is 13.0. The van der Waals surface area contributed by atoms with Crippen LogP contribution in [0.15, 0.2) is 36.4 Å². The topological polar surface area (TPSA) is 87.6 Å². The lowest BCUT2D eigenvalue weighted by molar-refractivity contribution is -0.118. The highest BCUT2D eigenvalue weighted by atomic mass is 35.5. The molecule has 0 radical (unpaired) electrons. The Kier molecular flexibility index (Phi) is 8.48. The average molecular weight is 525 g/mol. The molecule has 2 aromatic carbocycles. The summed E-state index contributed by atoms with van der Waals surface area (Å²) in [5.74, 6) is 1.21. The van der Waals surface area contributed by atoms with Gasteiger partial charge in [0, 0.05) is 53.9 Å². The van der Waals surface area contributed by atoms with Gasteiger partial charge in [0.15, 0.2) is 0 Å². The highest BCUT2D eigenvalue weighted by Crippen LogP contribution is 2.36. The van der Waals surface area contributed by atoms with E-state index in [9.17, 15) is 4.79 Å². The zero-order valence-corrected chi connectivity index (χ0v) is 21.4. The minimum absolute atomic E-state index is 0.217. The summed E-state index contributed by atoms with van der Waals surface area (Å²) in [6.45, 7) is 4.96. The molecule has 5 N–H and O–H groups in total. The van der Waals surface area contributed by atoms with E-state index in [2.05, 4.69) is 27.2 Å². The van der Waals surface area contributed by atoms with Crippen molar-refractivity contribution in [2.45, 2.75) is 31.8 Å². The summed E-state index contributed by atoms with van der Waals surface area (Å²) in [7, 11) is 0.